The molecule has 0 spiro atoms. The molecule has 0 heterocycles. The minimum atomic E-state index is -1.09. The van der Waals surface area contributed by atoms with E-state index in [2.05, 4.69) is 10.6 Å². The fourth-order valence-electron chi connectivity index (χ4n) is 2.16. The van der Waals surface area contributed by atoms with Crippen LogP contribution in [-0.2, 0) is 9.59 Å². The molecule has 6 nitrogen and oxygen atoms in total. The van der Waals surface area contributed by atoms with Crippen LogP contribution in [0.4, 0.5) is 0 Å². The van der Waals surface area contributed by atoms with Gasteiger partial charge in [-0.25, -0.2) is 4.79 Å². The quantitative estimate of drug-likeness (QED) is 0.567. The number of carboxylic acids is 1. The van der Waals surface area contributed by atoms with Crippen molar-refractivity contribution < 1.29 is 19.5 Å². The Kier molecular flexibility index (Phi) is 8.78. The number of rotatable bonds is 9. The van der Waals surface area contributed by atoms with Crippen LogP contribution in [0.25, 0.3) is 0 Å². The molecule has 0 fully saturated rings. The smallest absolute Gasteiger partial charge is 0.326 e. The van der Waals surface area contributed by atoms with Crippen LogP contribution in [0.1, 0.15) is 37.6 Å². The molecule has 0 saturated carbocycles. The molecule has 0 aliphatic rings. The Morgan fingerprint density at radius 1 is 1.28 bits per heavy atom. The van der Waals surface area contributed by atoms with Crippen molar-refractivity contribution in [2.24, 2.45) is 5.92 Å². The van der Waals surface area contributed by atoms with E-state index in [1.54, 1.807) is 18.2 Å². The van der Waals surface area contributed by atoms with Gasteiger partial charge >= 0.3 is 5.97 Å². The maximum absolute atomic E-state index is 12.3. The lowest BCUT2D eigenvalue weighted by Crippen LogP contribution is -2.46. The third-order valence-corrected chi connectivity index (χ3v) is 4.43. The summed E-state index contributed by atoms with van der Waals surface area (Å²) < 4.78 is 0. The average molecular weight is 387 g/mol. The van der Waals surface area contributed by atoms with Crippen LogP contribution in [0, 0.1) is 5.92 Å². The second-order valence-electron chi connectivity index (χ2n) is 5.84. The fraction of sp³-hybridized carbons (Fsp3) is 0.471. The van der Waals surface area contributed by atoms with Gasteiger partial charge in [-0.05, 0) is 36.3 Å². The molecule has 0 aliphatic carbocycles. The molecule has 0 bridgehead atoms. The SMILES string of the molecule is CCSc1ccc(Cl)cc1C(=O)NCC(=O)N[C@@H](CC(C)C)C(=O)O. The van der Waals surface area contributed by atoms with Gasteiger partial charge in [-0.15, -0.1) is 11.8 Å². The number of aliphatic carboxylic acids is 1. The van der Waals surface area contributed by atoms with Crippen molar-refractivity contribution >= 4 is 41.1 Å². The Balaban J connectivity index is 2.68. The molecular formula is C17H23ClN2O4S. The van der Waals surface area contributed by atoms with Gasteiger partial charge in [0.1, 0.15) is 6.04 Å². The lowest BCUT2D eigenvalue weighted by molar-refractivity contribution is -0.142. The zero-order valence-electron chi connectivity index (χ0n) is 14.5. The standard InChI is InChI=1S/C17H23ClN2O4S/c1-4-25-14-6-5-11(18)8-12(14)16(22)19-9-15(21)20-13(17(23)24)7-10(2)3/h5-6,8,10,13H,4,7,9H2,1-3H3,(H,19,22)(H,20,21)(H,23,24)/t13-/m0/s1. The Morgan fingerprint density at radius 3 is 2.52 bits per heavy atom. The Morgan fingerprint density at radius 2 is 1.96 bits per heavy atom. The zero-order chi connectivity index (χ0) is 19.0. The first-order valence-electron chi connectivity index (χ1n) is 7.97. The summed E-state index contributed by atoms with van der Waals surface area (Å²) in [5.74, 6) is -1.16. The second-order valence-corrected chi connectivity index (χ2v) is 7.59. The highest BCUT2D eigenvalue weighted by molar-refractivity contribution is 7.99. The minimum absolute atomic E-state index is 0.121. The van der Waals surface area contributed by atoms with Crippen LogP contribution >= 0.6 is 23.4 Å². The molecule has 3 N–H and O–H groups in total. The van der Waals surface area contributed by atoms with Gasteiger partial charge in [-0.2, -0.15) is 0 Å². The number of benzene rings is 1. The Labute approximate surface area is 156 Å². The topological polar surface area (TPSA) is 95.5 Å². The number of thioether (sulfide) groups is 1. The van der Waals surface area contributed by atoms with Crippen molar-refractivity contribution in [3.05, 3.63) is 28.8 Å². The van der Waals surface area contributed by atoms with Gasteiger partial charge < -0.3 is 15.7 Å². The van der Waals surface area contributed by atoms with Crippen LogP contribution < -0.4 is 10.6 Å². The summed E-state index contributed by atoms with van der Waals surface area (Å²) in [6, 6.07) is 4.04. The highest BCUT2D eigenvalue weighted by atomic mass is 35.5. The van der Waals surface area contributed by atoms with Gasteiger partial charge in [0.15, 0.2) is 0 Å². The second kappa shape index (κ2) is 10.3. The van der Waals surface area contributed by atoms with E-state index in [0.29, 0.717) is 17.0 Å². The molecular weight excluding hydrogens is 364 g/mol. The first-order valence-corrected chi connectivity index (χ1v) is 9.33. The molecule has 138 valence electrons. The summed E-state index contributed by atoms with van der Waals surface area (Å²) in [6.45, 7) is 5.41. The van der Waals surface area contributed by atoms with E-state index in [0.717, 1.165) is 10.6 Å². The Hall–Kier alpha value is -1.73. The van der Waals surface area contributed by atoms with Crippen molar-refractivity contribution in [3.8, 4) is 0 Å². The zero-order valence-corrected chi connectivity index (χ0v) is 16.0. The van der Waals surface area contributed by atoms with Crippen molar-refractivity contribution in [2.75, 3.05) is 12.3 Å². The van der Waals surface area contributed by atoms with E-state index in [-0.39, 0.29) is 12.5 Å². The predicted octanol–water partition coefficient (Wildman–Crippen LogP) is 2.80. The molecule has 25 heavy (non-hydrogen) atoms. The van der Waals surface area contributed by atoms with E-state index in [4.69, 9.17) is 16.7 Å². The lowest BCUT2D eigenvalue weighted by atomic mass is 10.0. The van der Waals surface area contributed by atoms with E-state index in [1.165, 1.54) is 11.8 Å². The van der Waals surface area contributed by atoms with Crippen molar-refractivity contribution in [3.63, 3.8) is 0 Å². The van der Waals surface area contributed by atoms with Crippen LogP contribution in [-0.4, -0.2) is 41.2 Å². The van der Waals surface area contributed by atoms with Gasteiger partial charge in [0.05, 0.1) is 12.1 Å². The first kappa shape index (κ1) is 21.3. The molecule has 0 unspecified atom stereocenters. The van der Waals surface area contributed by atoms with Crippen LogP contribution in [0.5, 0.6) is 0 Å². The molecule has 1 aromatic rings. The third-order valence-electron chi connectivity index (χ3n) is 3.24. The number of amides is 2. The summed E-state index contributed by atoms with van der Waals surface area (Å²) >= 11 is 7.44. The summed E-state index contributed by atoms with van der Waals surface area (Å²) in [7, 11) is 0. The number of carboxylic acid groups (broad SMARTS) is 1. The maximum Gasteiger partial charge on any atom is 0.326 e. The maximum atomic E-state index is 12.3. The van der Waals surface area contributed by atoms with Crippen molar-refractivity contribution in [1.29, 1.82) is 0 Å². The van der Waals surface area contributed by atoms with Gasteiger partial charge in [0.2, 0.25) is 5.91 Å². The molecule has 0 saturated heterocycles. The number of hydrogen-bond acceptors (Lipinski definition) is 4. The normalized spacial score (nSPS) is 11.9. The average Bonchev–Trinajstić information content (AvgIpc) is 2.53. The highest BCUT2D eigenvalue weighted by Crippen LogP contribution is 2.25. The first-order chi connectivity index (χ1) is 11.7. The number of halogens is 1. The fourth-order valence-corrected chi connectivity index (χ4v) is 3.11. The number of hydrogen-bond donors (Lipinski definition) is 3. The van der Waals surface area contributed by atoms with E-state index in [9.17, 15) is 14.4 Å². The van der Waals surface area contributed by atoms with Crippen LogP contribution in [0.2, 0.25) is 5.02 Å². The lowest BCUT2D eigenvalue weighted by Gasteiger charge is -2.17. The minimum Gasteiger partial charge on any atom is -0.480 e. The molecule has 0 aromatic heterocycles. The van der Waals surface area contributed by atoms with Crippen LogP contribution in [0.15, 0.2) is 23.1 Å². The highest BCUT2D eigenvalue weighted by Gasteiger charge is 2.21. The molecule has 1 rings (SSSR count). The van der Waals surface area contributed by atoms with Crippen LogP contribution in [0.3, 0.4) is 0 Å². The van der Waals surface area contributed by atoms with E-state index >= 15 is 0 Å². The Bertz CT molecular complexity index is 637. The summed E-state index contributed by atoms with van der Waals surface area (Å²) in [5.41, 5.74) is 0.393. The summed E-state index contributed by atoms with van der Waals surface area (Å²) in [6.07, 6.45) is 0.320. The number of nitrogens with one attached hydrogen (secondary N) is 2. The largest absolute Gasteiger partial charge is 0.480 e. The van der Waals surface area contributed by atoms with Gasteiger partial charge in [-0.1, -0.05) is 32.4 Å². The predicted molar refractivity (Wildman–Crippen MR) is 99.2 cm³/mol. The van der Waals surface area contributed by atoms with Crippen molar-refractivity contribution in [1.82, 2.24) is 10.6 Å². The van der Waals surface area contributed by atoms with E-state index < -0.39 is 23.8 Å². The molecule has 2 amide bonds. The monoisotopic (exact) mass is 386 g/mol. The van der Waals surface area contributed by atoms with Crippen molar-refractivity contribution in [2.45, 2.75) is 38.1 Å². The molecule has 8 heteroatoms. The van der Waals surface area contributed by atoms with Gasteiger partial charge in [0.25, 0.3) is 5.91 Å². The van der Waals surface area contributed by atoms with Gasteiger partial charge in [0, 0.05) is 9.92 Å². The van der Waals surface area contributed by atoms with E-state index in [1.807, 2.05) is 20.8 Å². The molecule has 1 atom stereocenters. The molecule has 0 radical (unpaired) electrons. The molecule has 1 aromatic carbocycles. The number of carbonyl (C=O) groups excluding carboxylic acids is 2. The molecule has 0 aliphatic heterocycles. The van der Waals surface area contributed by atoms with Gasteiger partial charge in [-0.3, -0.25) is 9.59 Å². The third kappa shape index (κ3) is 7.36. The number of carbonyl (C=O) groups is 3. The summed E-state index contributed by atoms with van der Waals surface area (Å²) in [4.78, 5) is 36.2. The summed E-state index contributed by atoms with van der Waals surface area (Å²) in [5, 5.41) is 14.5.